The number of aromatic nitrogens is 1. The third-order valence-corrected chi connectivity index (χ3v) is 3.70. The van der Waals surface area contributed by atoms with Crippen LogP contribution in [0.4, 0.5) is 0 Å². The van der Waals surface area contributed by atoms with Crippen LogP contribution in [0, 0.1) is 0 Å². The van der Waals surface area contributed by atoms with Crippen LogP contribution in [0.15, 0.2) is 27.6 Å². The van der Waals surface area contributed by atoms with Crippen molar-refractivity contribution in [2.75, 3.05) is 25.1 Å². The van der Waals surface area contributed by atoms with Gasteiger partial charge in [0, 0.05) is 32.1 Å². The van der Waals surface area contributed by atoms with E-state index in [0.29, 0.717) is 24.1 Å². The summed E-state index contributed by atoms with van der Waals surface area (Å²) in [4.78, 5) is 11.6. The molecule has 0 saturated carbocycles. The number of nitrogens with one attached hydrogen (secondary N) is 1. The number of sulfone groups is 1. The maximum atomic E-state index is 11.6. The summed E-state index contributed by atoms with van der Waals surface area (Å²) in [5.41, 5.74) is -0.0857. The standard InChI is InChI=1S/C10H15BrN2O3S/c1-17(15,16)8-5-12-4-7-13-6-2-3-9(11)10(13)14/h2-3,6,12H,4-5,7-8H2,1H3. The first-order valence-corrected chi connectivity index (χ1v) is 7.99. The Bertz CT molecular complexity index is 525. The maximum absolute atomic E-state index is 11.6. The van der Waals surface area contributed by atoms with E-state index in [0.717, 1.165) is 0 Å². The maximum Gasteiger partial charge on any atom is 0.264 e. The van der Waals surface area contributed by atoms with E-state index in [2.05, 4.69) is 21.2 Å². The van der Waals surface area contributed by atoms with Gasteiger partial charge in [0.15, 0.2) is 0 Å². The summed E-state index contributed by atoms with van der Waals surface area (Å²) >= 11 is 3.16. The second kappa shape index (κ2) is 6.32. The number of halogens is 1. The monoisotopic (exact) mass is 322 g/mol. The molecule has 0 spiro atoms. The molecule has 96 valence electrons. The van der Waals surface area contributed by atoms with Crippen LogP contribution in [0.1, 0.15) is 0 Å². The summed E-state index contributed by atoms with van der Waals surface area (Å²) in [5, 5.41) is 2.98. The molecule has 1 N–H and O–H groups in total. The van der Waals surface area contributed by atoms with Gasteiger partial charge in [-0.1, -0.05) is 0 Å². The molecule has 0 bridgehead atoms. The third kappa shape index (κ3) is 5.47. The predicted octanol–water partition coefficient (Wildman–Crippen LogP) is 0.245. The summed E-state index contributed by atoms with van der Waals surface area (Å²) < 4.78 is 23.8. The average Bonchev–Trinajstić information content (AvgIpc) is 2.22. The molecule has 17 heavy (non-hydrogen) atoms. The first-order valence-electron chi connectivity index (χ1n) is 5.13. The van der Waals surface area contributed by atoms with E-state index >= 15 is 0 Å². The van der Waals surface area contributed by atoms with E-state index in [9.17, 15) is 13.2 Å². The Morgan fingerprint density at radius 2 is 2.12 bits per heavy atom. The van der Waals surface area contributed by atoms with E-state index in [1.165, 1.54) is 6.26 Å². The van der Waals surface area contributed by atoms with Gasteiger partial charge in [-0.05, 0) is 28.1 Å². The normalized spacial score (nSPS) is 11.6. The van der Waals surface area contributed by atoms with Crippen molar-refractivity contribution in [2.24, 2.45) is 0 Å². The fraction of sp³-hybridized carbons (Fsp3) is 0.500. The topological polar surface area (TPSA) is 68.2 Å². The molecule has 1 aromatic heterocycles. The summed E-state index contributed by atoms with van der Waals surface area (Å²) in [7, 11) is -2.92. The number of rotatable bonds is 6. The van der Waals surface area contributed by atoms with Gasteiger partial charge in [0.2, 0.25) is 0 Å². The fourth-order valence-corrected chi connectivity index (χ4v) is 2.16. The number of hydrogen-bond donors (Lipinski definition) is 1. The second-order valence-corrected chi connectivity index (χ2v) is 6.85. The molecular weight excluding hydrogens is 308 g/mol. The van der Waals surface area contributed by atoms with Crippen molar-refractivity contribution >= 4 is 25.8 Å². The Hall–Kier alpha value is -0.660. The van der Waals surface area contributed by atoms with Crippen molar-refractivity contribution in [3.8, 4) is 0 Å². The van der Waals surface area contributed by atoms with Crippen molar-refractivity contribution < 1.29 is 8.42 Å². The molecule has 0 aliphatic heterocycles. The highest BCUT2D eigenvalue weighted by Gasteiger charge is 2.01. The van der Waals surface area contributed by atoms with Crippen LogP contribution in [0.5, 0.6) is 0 Å². The van der Waals surface area contributed by atoms with Gasteiger partial charge >= 0.3 is 0 Å². The molecule has 0 fully saturated rings. The first kappa shape index (κ1) is 14.4. The summed E-state index contributed by atoms with van der Waals surface area (Å²) in [6, 6.07) is 3.47. The fourth-order valence-electron chi connectivity index (χ4n) is 1.27. The number of pyridine rings is 1. The highest BCUT2D eigenvalue weighted by molar-refractivity contribution is 9.10. The van der Waals surface area contributed by atoms with Gasteiger partial charge in [0.25, 0.3) is 5.56 Å². The van der Waals surface area contributed by atoms with Crippen molar-refractivity contribution in [3.63, 3.8) is 0 Å². The molecule has 1 heterocycles. The Morgan fingerprint density at radius 3 is 2.76 bits per heavy atom. The molecule has 0 amide bonds. The quantitative estimate of drug-likeness (QED) is 0.762. The minimum Gasteiger partial charge on any atom is -0.314 e. The first-order chi connectivity index (χ1) is 7.90. The number of nitrogens with zero attached hydrogens (tertiary/aromatic N) is 1. The lowest BCUT2D eigenvalue weighted by Crippen LogP contribution is -2.29. The minimum absolute atomic E-state index is 0.0857. The SMILES string of the molecule is CS(=O)(=O)CCNCCn1cccc(Br)c1=O. The van der Waals surface area contributed by atoms with Crippen LogP contribution in [-0.4, -0.2) is 38.1 Å². The summed E-state index contributed by atoms with van der Waals surface area (Å²) in [6.07, 6.45) is 2.90. The van der Waals surface area contributed by atoms with Crippen molar-refractivity contribution in [3.05, 3.63) is 33.2 Å². The number of hydrogen-bond acceptors (Lipinski definition) is 4. The Morgan fingerprint density at radius 1 is 1.41 bits per heavy atom. The molecule has 5 nitrogen and oxygen atoms in total. The van der Waals surface area contributed by atoms with E-state index in [1.54, 1.807) is 22.9 Å². The zero-order valence-electron chi connectivity index (χ0n) is 9.52. The van der Waals surface area contributed by atoms with E-state index in [4.69, 9.17) is 0 Å². The van der Waals surface area contributed by atoms with Gasteiger partial charge in [0.1, 0.15) is 9.84 Å². The molecule has 0 saturated heterocycles. The Kier molecular flexibility index (Phi) is 5.35. The molecular formula is C10H15BrN2O3S. The molecule has 1 aromatic rings. The minimum atomic E-state index is -2.92. The van der Waals surface area contributed by atoms with Gasteiger partial charge < -0.3 is 9.88 Å². The van der Waals surface area contributed by atoms with Gasteiger partial charge in [0.05, 0.1) is 10.2 Å². The third-order valence-electron chi connectivity index (χ3n) is 2.15. The molecule has 0 unspecified atom stereocenters. The largest absolute Gasteiger partial charge is 0.314 e. The van der Waals surface area contributed by atoms with Gasteiger partial charge in [-0.2, -0.15) is 0 Å². The van der Waals surface area contributed by atoms with E-state index < -0.39 is 9.84 Å². The lowest BCUT2D eigenvalue weighted by atomic mass is 10.4. The smallest absolute Gasteiger partial charge is 0.264 e. The molecule has 0 atom stereocenters. The lowest BCUT2D eigenvalue weighted by Gasteiger charge is -2.07. The van der Waals surface area contributed by atoms with Crippen LogP contribution >= 0.6 is 15.9 Å². The van der Waals surface area contributed by atoms with Crippen LogP contribution in [0.25, 0.3) is 0 Å². The van der Waals surface area contributed by atoms with E-state index in [1.807, 2.05) is 0 Å². The molecule has 0 aliphatic rings. The van der Waals surface area contributed by atoms with Crippen LogP contribution in [0.3, 0.4) is 0 Å². The zero-order chi connectivity index (χ0) is 12.9. The molecule has 7 heteroatoms. The van der Waals surface area contributed by atoms with Crippen molar-refractivity contribution in [1.82, 2.24) is 9.88 Å². The van der Waals surface area contributed by atoms with E-state index in [-0.39, 0.29) is 11.3 Å². The van der Waals surface area contributed by atoms with Crippen molar-refractivity contribution in [2.45, 2.75) is 6.54 Å². The zero-order valence-corrected chi connectivity index (χ0v) is 11.9. The molecule has 0 aromatic carbocycles. The average molecular weight is 323 g/mol. The lowest BCUT2D eigenvalue weighted by molar-refractivity contribution is 0.581. The van der Waals surface area contributed by atoms with Crippen molar-refractivity contribution in [1.29, 1.82) is 0 Å². The Balaban J connectivity index is 2.37. The van der Waals surface area contributed by atoms with Crippen LogP contribution in [-0.2, 0) is 16.4 Å². The molecule has 0 radical (unpaired) electrons. The van der Waals surface area contributed by atoms with Crippen LogP contribution in [0.2, 0.25) is 0 Å². The molecule has 1 rings (SSSR count). The van der Waals surface area contributed by atoms with Gasteiger partial charge in [-0.15, -0.1) is 0 Å². The predicted molar refractivity (Wildman–Crippen MR) is 71.0 cm³/mol. The summed E-state index contributed by atoms with van der Waals surface area (Å²) in [5.74, 6) is 0.111. The van der Waals surface area contributed by atoms with Gasteiger partial charge in [-0.25, -0.2) is 8.42 Å². The second-order valence-electron chi connectivity index (χ2n) is 3.73. The summed E-state index contributed by atoms with van der Waals surface area (Å²) in [6.45, 7) is 1.48. The van der Waals surface area contributed by atoms with Gasteiger partial charge in [-0.3, -0.25) is 4.79 Å². The highest BCUT2D eigenvalue weighted by atomic mass is 79.9. The van der Waals surface area contributed by atoms with Crippen LogP contribution < -0.4 is 10.9 Å². The molecule has 0 aliphatic carbocycles. The highest BCUT2D eigenvalue weighted by Crippen LogP contribution is 1.99. The Labute approximate surface area is 109 Å².